The summed E-state index contributed by atoms with van der Waals surface area (Å²) >= 11 is 5.82. The van der Waals surface area contributed by atoms with E-state index >= 15 is 0 Å². The lowest BCUT2D eigenvalue weighted by Crippen LogP contribution is -1.88. The van der Waals surface area contributed by atoms with E-state index in [0.717, 1.165) is 5.56 Å². The number of rotatable bonds is 3. The van der Waals surface area contributed by atoms with Gasteiger partial charge in [-0.1, -0.05) is 22.8 Å². The molecule has 1 aromatic heterocycles. The Bertz CT molecular complexity index is 799. The number of benzene rings is 2. The van der Waals surface area contributed by atoms with E-state index in [0.29, 0.717) is 16.4 Å². The van der Waals surface area contributed by atoms with Gasteiger partial charge in [-0.15, -0.1) is 0 Å². The van der Waals surface area contributed by atoms with Crippen LogP contribution in [0.2, 0.25) is 5.02 Å². The molecule has 0 spiro atoms. The van der Waals surface area contributed by atoms with Crippen molar-refractivity contribution in [3.63, 3.8) is 0 Å². The summed E-state index contributed by atoms with van der Waals surface area (Å²) in [7, 11) is 0. The molecule has 0 saturated carbocycles. The van der Waals surface area contributed by atoms with Crippen LogP contribution < -0.4 is 0 Å². The van der Waals surface area contributed by atoms with E-state index in [4.69, 9.17) is 16.1 Å². The Balaban J connectivity index is 1.96. The normalized spacial score (nSPS) is 10.5. The number of nitro groups is 1. The first kappa shape index (κ1) is 13.3. The van der Waals surface area contributed by atoms with Crippen molar-refractivity contribution in [1.29, 1.82) is 0 Å². The highest BCUT2D eigenvalue weighted by molar-refractivity contribution is 6.30. The molecule has 0 bridgehead atoms. The van der Waals surface area contributed by atoms with Gasteiger partial charge in [0.1, 0.15) is 0 Å². The maximum atomic E-state index is 10.8. The van der Waals surface area contributed by atoms with Gasteiger partial charge in [-0.3, -0.25) is 10.1 Å². The molecule has 0 fully saturated rings. The van der Waals surface area contributed by atoms with Gasteiger partial charge in [0, 0.05) is 28.3 Å². The number of nitrogens with zero attached hydrogens (tertiary/aromatic N) is 3. The van der Waals surface area contributed by atoms with Crippen molar-refractivity contribution in [3.8, 4) is 22.8 Å². The van der Waals surface area contributed by atoms with Crippen LogP contribution in [0.25, 0.3) is 22.8 Å². The van der Waals surface area contributed by atoms with Crippen molar-refractivity contribution < 1.29 is 9.45 Å². The molecule has 0 aliphatic rings. The topological polar surface area (TPSA) is 82.1 Å². The van der Waals surface area contributed by atoms with Crippen LogP contribution in [-0.2, 0) is 0 Å². The first-order valence-corrected chi connectivity index (χ1v) is 6.36. The fourth-order valence-corrected chi connectivity index (χ4v) is 1.94. The Morgan fingerprint density at radius 3 is 2.57 bits per heavy atom. The lowest BCUT2D eigenvalue weighted by atomic mass is 10.2. The minimum absolute atomic E-state index is 0.0289. The molecule has 3 rings (SSSR count). The van der Waals surface area contributed by atoms with Crippen molar-refractivity contribution in [2.75, 3.05) is 0 Å². The molecule has 0 N–H and O–H groups in total. The van der Waals surface area contributed by atoms with E-state index in [-0.39, 0.29) is 11.6 Å². The van der Waals surface area contributed by atoms with Crippen molar-refractivity contribution in [1.82, 2.24) is 10.1 Å². The third-order valence-corrected chi connectivity index (χ3v) is 3.08. The molecule has 0 saturated heterocycles. The molecule has 1 heterocycles. The second-order valence-corrected chi connectivity index (χ2v) is 4.67. The second-order valence-electron chi connectivity index (χ2n) is 4.24. The highest BCUT2D eigenvalue weighted by atomic mass is 35.5. The third kappa shape index (κ3) is 2.75. The largest absolute Gasteiger partial charge is 0.334 e. The molecule has 0 aliphatic heterocycles. The molecule has 0 aliphatic carbocycles. The summed E-state index contributed by atoms with van der Waals surface area (Å²) in [5.41, 5.74) is 1.22. The Hall–Kier alpha value is -2.73. The Morgan fingerprint density at radius 1 is 1.10 bits per heavy atom. The van der Waals surface area contributed by atoms with Crippen LogP contribution in [0.3, 0.4) is 0 Å². The molecule has 2 aromatic carbocycles. The summed E-state index contributed by atoms with van der Waals surface area (Å²) in [4.78, 5) is 14.5. The molecule has 6 nitrogen and oxygen atoms in total. The third-order valence-electron chi connectivity index (χ3n) is 2.83. The van der Waals surface area contributed by atoms with Gasteiger partial charge in [0.25, 0.3) is 11.6 Å². The van der Waals surface area contributed by atoms with Gasteiger partial charge >= 0.3 is 0 Å². The second kappa shape index (κ2) is 5.34. The highest BCUT2D eigenvalue weighted by Crippen LogP contribution is 2.25. The zero-order valence-electron chi connectivity index (χ0n) is 10.6. The quantitative estimate of drug-likeness (QED) is 0.540. The Kier molecular flexibility index (Phi) is 3.37. The molecule has 0 unspecified atom stereocenters. The summed E-state index contributed by atoms with van der Waals surface area (Å²) in [6.07, 6.45) is 0. The minimum atomic E-state index is -0.472. The SMILES string of the molecule is O=[N+]([O-])c1cccc(-c2nc(-c3ccc(Cl)cc3)no2)c1. The predicted octanol–water partition coefficient (Wildman–Crippen LogP) is 3.97. The van der Waals surface area contributed by atoms with E-state index in [2.05, 4.69) is 10.1 Å². The van der Waals surface area contributed by atoms with Gasteiger partial charge in [-0.2, -0.15) is 4.98 Å². The van der Waals surface area contributed by atoms with Crippen molar-refractivity contribution in [2.24, 2.45) is 0 Å². The number of non-ortho nitro benzene ring substituents is 1. The maximum absolute atomic E-state index is 10.8. The van der Waals surface area contributed by atoms with Crippen LogP contribution in [0.5, 0.6) is 0 Å². The minimum Gasteiger partial charge on any atom is -0.334 e. The van der Waals surface area contributed by atoms with Gasteiger partial charge in [0.2, 0.25) is 5.82 Å². The zero-order valence-corrected chi connectivity index (χ0v) is 11.3. The van der Waals surface area contributed by atoms with E-state index in [1.54, 1.807) is 36.4 Å². The number of halogens is 1. The van der Waals surface area contributed by atoms with Crippen molar-refractivity contribution in [3.05, 3.63) is 63.7 Å². The number of aromatic nitrogens is 2. The lowest BCUT2D eigenvalue weighted by molar-refractivity contribution is -0.384. The molecule has 0 amide bonds. The smallest absolute Gasteiger partial charge is 0.270 e. The predicted molar refractivity (Wildman–Crippen MR) is 76.8 cm³/mol. The van der Waals surface area contributed by atoms with Crippen LogP contribution >= 0.6 is 11.6 Å². The van der Waals surface area contributed by atoms with Crippen LogP contribution in [-0.4, -0.2) is 15.1 Å². The molecular formula is C14H8ClN3O3. The number of hydrogen-bond donors (Lipinski definition) is 0. The van der Waals surface area contributed by atoms with Gasteiger partial charge in [0.05, 0.1) is 4.92 Å². The fraction of sp³-hybridized carbons (Fsp3) is 0. The zero-order chi connectivity index (χ0) is 14.8. The molecule has 104 valence electrons. The Labute approximate surface area is 124 Å². The monoisotopic (exact) mass is 301 g/mol. The lowest BCUT2D eigenvalue weighted by Gasteiger charge is -1.95. The van der Waals surface area contributed by atoms with Crippen molar-refractivity contribution in [2.45, 2.75) is 0 Å². The fourth-order valence-electron chi connectivity index (χ4n) is 1.81. The molecule has 0 atom stereocenters. The average molecular weight is 302 g/mol. The van der Waals surface area contributed by atoms with Crippen LogP contribution in [0.4, 0.5) is 5.69 Å². The molecule has 21 heavy (non-hydrogen) atoms. The number of hydrogen-bond acceptors (Lipinski definition) is 5. The number of nitro benzene ring substituents is 1. The van der Waals surface area contributed by atoms with E-state index in [1.807, 2.05) is 0 Å². The molecule has 0 radical (unpaired) electrons. The highest BCUT2D eigenvalue weighted by Gasteiger charge is 2.13. The van der Waals surface area contributed by atoms with E-state index in [9.17, 15) is 10.1 Å². The van der Waals surface area contributed by atoms with Crippen LogP contribution in [0, 0.1) is 10.1 Å². The van der Waals surface area contributed by atoms with E-state index in [1.165, 1.54) is 12.1 Å². The molecule has 7 heteroatoms. The summed E-state index contributed by atoms with van der Waals surface area (Å²) < 4.78 is 5.15. The van der Waals surface area contributed by atoms with Crippen LogP contribution in [0.15, 0.2) is 53.1 Å². The van der Waals surface area contributed by atoms with E-state index < -0.39 is 4.92 Å². The van der Waals surface area contributed by atoms with Crippen molar-refractivity contribution >= 4 is 17.3 Å². The first-order valence-electron chi connectivity index (χ1n) is 5.98. The molecular weight excluding hydrogens is 294 g/mol. The summed E-state index contributed by atoms with van der Waals surface area (Å²) in [5, 5.41) is 15.2. The first-order chi connectivity index (χ1) is 10.1. The van der Waals surface area contributed by atoms with Gasteiger partial charge < -0.3 is 4.52 Å². The van der Waals surface area contributed by atoms with Gasteiger partial charge in [-0.05, 0) is 30.3 Å². The summed E-state index contributed by atoms with van der Waals surface area (Å²) in [6.45, 7) is 0. The van der Waals surface area contributed by atoms with Gasteiger partial charge in [-0.25, -0.2) is 0 Å². The van der Waals surface area contributed by atoms with Gasteiger partial charge in [0.15, 0.2) is 0 Å². The van der Waals surface area contributed by atoms with Crippen LogP contribution in [0.1, 0.15) is 0 Å². The molecule has 3 aromatic rings. The standard InChI is InChI=1S/C14H8ClN3O3/c15-11-6-4-9(5-7-11)13-16-14(21-17-13)10-2-1-3-12(8-10)18(19)20/h1-8H. The Morgan fingerprint density at radius 2 is 1.86 bits per heavy atom. The summed E-state index contributed by atoms with van der Waals surface area (Å²) in [6, 6.07) is 13.0. The maximum Gasteiger partial charge on any atom is 0.270 e. The average Bonchev–Trinajstić information content (AvgIpc) is 2.98. The summed E-state index contributed by atoms with van der Waals surface area (Å²) in [5.74, 6) is 0.622.